The van der Waals surface area contributed by atoms with Crippen LogP contribution in [0.1, 0.15) is 10.4 Å². The Morgan fingerprint density at radius 3 is 2.90 bits per heavy atom. The smallest absolute Gasteiger partial charge is 0.328 e. The largest absolute Gasteiger partial charge is 0.505 e. The molecular formula is C14H7ClFNO3S. The van der Waals surface area contributed by atoms with Gasteiger partial charge in [0.1, 0.15) is 11.2 Å². The third kappa shape index (κ3) is 2.43. The van der Waals surface area contributed by atoms with Crippen molar-refractivity contribution in [3.63, 3.8) is 0 Å². The molecule has 1 aliphatic carbocycles. The number of thiophene rings is 1. The van der Waals surface area contributed by atoms with E-state index in [1.54, 1.807) is 0 Å². The second kappa shape index (κ2) is 4.98. The molecule has 2 aromatic heterocycles. The lowest BCUT2D eigenvalue weighted by Crippen LogP contribution is -2.30. The summed E-state index contributed by atoms with van der Waals surface area (Å²) in [7, 11) is 0. The normalized spacial score (nSPS) is 15.1. The van der Waals surface area contributed by atoms with Crippen molar-refractivity contribution in [3.05, 3.63) is 55.6 Å². The van der Waals surface area contributed by atoms with Crippen LogP contribution in [0.25, 0.3) is 17.4 Å². The lowest BCUT2D eigenvalue weighted by Gasteiger charge is -2.00. The van der Waals surface area contributed by atoms with Gasteiger partial charge in [-0.1, -0.05) is 11.6 Å². The highest BCUT2D eigenvalue weighted by Crippen LogP contribution is 2.36. The van der Waals surface area contributed by atoms with E-state index in [0.717, 1.165) is 23.6 Å². The molecule has 0 aromatic carbocycles. The first kappa shape index (κ1) is 13.8. The highest BCUT2D eigenvalue weighted by molar-refractivity contribution is 7.17. The minimum atomic E-state index is -1.15. The summed E-state index contributed by atoms with van der Waals surface area (Å²) >= 11 is 7.08. The molecule has 3 rings (SSSR count). The molecule has 2 aromatic rings. The summed E-state index contributed by atoms with van der Waals surface area (Å²) in [6.45, 7) is 0. The minimum Gasteiger partial charge on any atom is -0.505 e. The van der Waals surface area contributed by atoms with E-state index in [0.29, 0.717) is 25.6 Å². The Hall–Kier alpha value is -2.18. The molecule has 0 spiro atoms. The highest BCUT2D eigenvalue weighted by atomic mass is 35.5. The number of halogens is 2. The summed E-state index contributed by atoms with van der Waals surface area (Å²) in [6.07, 6.45) is 3.44. The molecule has 4 nitrogen and oxygen atoms in total. The third-order valence-corrected chi connectivity index (χ3v) is 4.23. The van der Waals surface area contributed by atoms with E-state index in [1.807, 2.05) is 0 Å². The van der Waals surface area contributed by atoms with Crippen LogP contribution in [0.15, 0.2) is 24.4 Å². The van der Waals surface area contributed by atoms with Crippen LogP contribution in [0, 0.1) is 5.82 Å². The zero-order chi connectivity index (χ0) is 15.1. The molecule has 0 saturated carbocycles. The molecular weight excluding hydrogens is 317 g/mol. The second-order valence-corrected chi connectivity index (χ2v) is 6.00. The van der Waals surface area contributed by atoms with Gasteiger partial charge >= 0.3 is 5.97 Å². The average molecular weight is 324 g/mol. The van der Waals surface area contributed by atoms with E-state index in [-0.39, 0.29) is 11.1 Å². The predicted octanol–water partition coefficient (Wildman–Crippen LogP) is 1.91. The number of aliphatic hydroxyl groups excluding tert-OH is 1. The van der Waals surface area contributed by atoms with Gasteiger partial charge in [0.15, 0.2) is 5.76 Å². The quantitative estimate of drug-likeness (QED) is 0.787. The standard InChI is InChI=1S/C14H7ClFNO3S/c15-10-4-9-13(20)12-6(2-8(16)5-17-12)1-7(3-11(18)19)14(9)21-10/h1-5,20H,(H,18,19). The van der Waals surface area contributed by atoms with E-state index < -0.39 is 11.8 Å². The first-order valence-corrected chi connectivity index (χ1v) is 6.96. The van der Waals surface area contributed by atoms with Gasteiger partial charge in [-0.2, -0.15) is 0 Å². The fourth-order valence-corrected chi connectivity index (χ4v) is 3.33. The Kier molecular flexibility index (Phi) is 3.27. The van der Waals surface area contributed by atoms with Gasteiger partial charge in [-0.15, -0.1) is 11.3 Å². The number of aliphatic hydroxyl groups is 1. The van der Waals surface area contributed by atoms with Gasteiger partial charge in [-0.3, -0.25) is 0 Å². The molecule has 0 bridgehead atoms. The molecule has 0 unspecified atom stereocenters. The molecule has 21 heavy (non-hydrogen) atoms. The van der Waals surface area contributed by atoms with Crippen molar-refractivity contribution in [2.75, 3.05) is 0 Å². The van der Waals surface area contributed by atoms with Crippen LogP contribution in [-0.2, 0) is 4.79 Å². The number of aromatic nitrogens is 1. The number of hydrogen-bond donors (Lipinski definition) is 2. The van der Waals surface area contributed by atoms with Gasteiger partial charge in [0.25, 0.3) is 0 Å². The van der Waals surface area contributed by atoms with Gasteiger partial charge in [-0.25, -0.2) is 14.2 Å². The molecule has 2 heterocycles. The minimum absolute atomic E-state index is 0.159. The number of pyridine rings is 1. The molecule has 0 atom stereocenters. The highest BCUT2D eigenvalue weighted by Gasteiger charge is 2.19. The summed E-state index contributed by atoms with van der Waals surface area (Å²) < 4.78 is 13.7. The molecule has 0 amide bonds. The second-order valence-electron chi connectivity index (χ2n) is 4.32. The van der Waals surface area contributed by atoms with Gasteiger partial charge in [0.2, 0.25) is 0 Å². The van der Waals surface area contributed by atoms with E-state index in [1.165, 1.54) is 18.2 Å². The van der Waals surface area contributed by atoms with E-state index in [4.69, 9.17) is 16.7 Å². The monoisotopic (exact) mass is 323 g/mol. The number of rotatable bonds is 1. The Labute approximate surface area is 126 Å². The molecule has 2 N–H and O–H groups in total. The first-order chi connectivity index (χ1) is 9.95. The zero-order valence-electron chi connectivity index (χ0n) is 10.3. The first-order valence-electron chi connectivity index (χ1n) is 5.77. The Bertz CT molecular complexity index is 917. The van der Waals surface area contributed by atoms with E-state index in [9.17, 15) is 14.3 Å². The summed E-state index contributed by atoms with van der Waals surface area (Å²) in [5.74, 6) is -1.88. The van der Waals surface area contributed by atoms with Crippen LogP contribution >= 0.6 is 22.9 Å². The predicted molar refractivity (Wildman–Crippen MR) is 78.0 cm³/mol. The van der Waals surface area contributed by atoms with Crippen molar-refractivity contribution in [3.8, 4) is 0 Å². The summed E-state index contributed by atoms with van der Waals surface area (Å²) in [5.41, 5.74) is 0.707. The van der Waals surface area contributed by atoms with Crippen LogP contribution in [-0.4, -0.2) is 21.2 Å². The Morgan fingerprint density at radius 1 is 1.43 bits per heavy atom. The van der Waals surface area contributed by atoms with Crippen molar-refractivity contribution in [1.82, 2.24) is 4.98 Å². The number of carboxylic acid groups (broad SMARTS) is 1. The fraction of sp³-hybridized carbons (Fsp3) is 0. The van der Waals surface area contributed by atoms with Gasteiger partial charge in [0.05, 0.1) is 10.5 Å². The number of carbonyl (C=O) groups is 1. The molecule has 0 saturated heterocycles. The molecule has 1 aliphatic rings. The van der Waals surface area contributed by atoms with Crippen LogP contribution in [0.2, 0.25) is 4.34 Å². The van der Waals surface area contributed by atoms with E-state index in [2.05, 4.69) is 4.98 Å². The number of carboxylic acids is 1. The zero-order valence-corrected chi connectivity index (χ0v) is 11.9. The average Bonchev–Trinajstić information content (AvgIpc) is 2.75. The van der Waals surface area contributed by atoms with Crippen molar-refractivity contribution >= 4 is 46.3 Å². The fourth-order valence-electron chi connectivity index (χ4n) is 2.11. The van der Waals surface area contributed by atoms with Crippen molar-refractivity contribution in [2.45, 2.75) is 0 Å². The molecule has 106 valence electrons. The van der Waals surface area contributed by atoms with Crippen LogP contribution < -0.4 is 10.6 Å². The molecule has 0 fully saturated rings. The van der Waals surface area contributed by atoms with Gasteiger partial charge in [0, 0.05) is 27.3 Å². The van der Waals surface area contributed by atoms with Crippen LogP contribution in [0.4, 0.5) is 4.39 Å². The SMILES string of the molecule is O=C(O)C=C1C=c2cc(F)cnc2=C(O)c2cc(Cl)sc21. The molecule has 7 heteroatoms. The third-order valence-electron chi connectivity index (χ3n) is 2.92. The molecule has 0 radical (unpaired) electrons. The Balaban J connectivity index is 2.47. The maximum atomic E-state index is 13.3. The van der Waals surface area contributed by atoms with Crippen molar-refractivity contribution in [1.29, 1.82) is 0 Å². The number of aliphatic carboxylic acids is 1. The number of nitrogens with zero attached hydrogens (tertiary/aromatic N) is 1. The molecule has 0 aliphatic heterocycles. The maximum absolute atomic E-state index is 13.3. The van der Waals surface area contributed by atoms with Gasteiger partial charge in [-0.05, 0) is 18.2 Å². The topological polar surface area (TPSA) is 70.4 Å². The summed E-state index contributed by atoms with van der Waals surface area (Å²) in [6, 6.07) is 2.72. The van der Waals surface area contributed by atoms with Crippen molar-refractivity contribution < 1.29 is 19.4 Å². The van der Waals surface area contributed by atoms with E-state index >= 15 is 0 Å². The van der Waals surface area contributed by atoms with Crippen LogP contribution in [0.5, 0.6) is 0 Å². The Morgan fingerprint density at radius 2 is 2.19 bits per heavy atom. The van der Waals surface area contributed by atoms with Crippen molar-refractivity contribution in [2.24, 2.45) is 0 Å². The van der Waals surface area contributed by atoms with Gasteiger partial charge < -0.3 is 10.2 Å². The van der Waals surface area contributed by atoms with Crippen LogP contribution in [0.3, 0.4) is 0 Å². The number of fused-ring (bicyclic) bond motifs is 2. The summed E-state index contributed by atoms with van der Waals surface area (Å²) in [5, 5.41) is 19.8. The number of hydrogen-bond acceptors (Lipinski definition) is 4. The summed E-state index contributed by atoms with van der Waals surface area (Å²) in [4.78, 5) is 15.3. The lowest BCUT2D eigenvalue weighted by molar-refractivity contribution is -0.131. The number of allylic oxidation sites excluding steroid dienone is 1. The maximum Gasteiger partial charge on any atom is 0.328 e. The lowest BCUT2D eigenvalue weighted by atomic mass is 10.1.